The summed E-state index contributed by atoms with van der Waals surface area (Å²) < 4.78 is 15.0. The summed E-state index contributed by atoms with van der Waals surface area (Å²) in [4.78, 5) is 16.2. The molecule has 0 radical (unpaired) electrons. The molecule has 31 heavy (non-hydrogen) atoms. The molecule has 4 aromatic rings. The minimum absolute atomic E-state index is 0.609. The van der Waals surface area contributed by atoms with E-state index in [2.05, 4.69) is 0 Å². The Morgan fingerprint density at radius 3 is 2.16 bits per heavy atom. The maximum atomic E-state index is 15.0. The van der Waals surface area contributed by atoms with E-state index < -0.39 is 7.14 Å². The Labute approximate surface area is 181 Å². The molecule has 0 N–H and O–H groups in total. The number of fused-ring (bicyclic) bond motifs is 2. The Kier molecular flexibility index (Phi) is 4.77. The van der Waals surface area contributed by atoms with Gasteiger partial charge in [0.05, 0.1) is 11.4 Å². The van der Waals surface area contributed by atoms with Gasteiger partial charge in [-0.25, -0.2) is 4.99 Å². The van der Waals surface area contributed by atoms with Crippen molar-refractivity contribution in [3.63, 3.8) is 0 Å². The van der Waals surface area contributed by atoms with Gasteiger partial charge in [0.15, 0.2) is 7.14 Å². The Bertz CT molecular complexity index is 1370. The Hall–Kier alpha value is -3.55. The number of aliphatic imine (C=N–C) groups is 1. The van der Waals surface area contributed by atoms with E-state index in [1.807, 2.05) is 91.9 Å². The molecule has 0 saturated heterocycles. The largest absolute Gasteiger partial charge is 0.309 e. The predicted octanol–water partition coefficient (Wildman–Crippen LogP) is 4.93. The molecule has 0 saturated carbocycles. The average Bonchev–Trinajstić information content (AvgIpc) is 2.94. The van der Waals surface area contributed by atoms with Crippen LogP contribution in [0.15, 0.2) is 102 Å². The van der Waals surface area contributed by atoms with E-state index in [0.29, 0.717) is 5.56 Å². The first-order valence-corrected chi connectivity index (χ1v) is 11.8. The number of carbonyl (C=O) groups excluding carboxylic acids is 1. The first-order chi connectivity index (χ1) is 15.1. The highest BCUT2D eigenvalue weighted by Gasteiger charge is 2.37. The van der Waals surface area contributed by atoms with E-state index in [-0.39, 0.29) is 0 Å². The van der Waals surface area contributed by atoms with E-state index >= 15 is 4.57 Å². The smallest absolute Gasteiger partial charge is 0.173 e. The molecule has 0 aliphatic carbocycles. The molecule has 1 heterocycles. The fraction of sp³-hybridized carbons (Fsp3) is 0.0370. The second kappa shape index (κ2) is 7.61. The van der Waals surface area contributed by atoms with Gasteiger partial charge < -0.3 is 4.57 Å². The standard InChI is InChI=1S/C27H20NO2P/c1-19-8-7-13-25-26(19)28-27(21-16-14-20(18-29)15-17-21)23-11-5-6-12-24(23)31(25,30)22-9-3-2-4-10-22/h2-18H,1H3. The third kappa shape index (κ3) is 3.10. The number of aryl methyl sites for hydroxylation is 1. The molecule has 5 rings (SSSR count). The SMILES string of the molecule is Cc1cccc2c1N=C(c1ccc(C=O)cc1)c1ccccc1P2(=O)c1ccccc1. The highest BCUT2D eigenvalue weighted by atomic mass is 31.2. The molecule has 0 amide bonds. The van der Waals surface area contributed by atoms with Gasteiger partial charge >= 0.3 is 0 Å². The van der Waals surface area contributed by atoms with Crippen molar-refractivity contribution in [1.82, 2.24) is 0 Å². The van der Waals surface area contributed by atoms with Crippen molar-refractivity contribution in [1.29, 1.82) is 0 Å². The van der Waals surface area contributed by atoms with Crippen LogP contribution >= 0.6 is 7.14 Å². The van der Waals surface area contributed by atoms with Crippen molar-refractivity contribution in [2.45, 2.75) is 6.92 Å². The number of nitrogens with zero attached hydrogens (tertiary/aromatic N) is 1. The molecule has 3 nitrogen and oxygen atoms in total. The minimum atomic E-state index is -3.16. The van der Waals surface area contributed by atoms with Gasteiger partial charge in [0.25, 0.3) is 0 Å². The van der Waals surface area contributed by atoms with Crippen LogP contribution < -0.4 is 15.9 Å². The monoisotopic (exact) mass is 421 g/mol. The summed E-state index contributed by atoms with van der Waals surface area (Å²) in [5, 5.41) is 2.33. The Morgan fingerprint density at radius 2 is 1.42 bits per heavy atom. The number of carbonyl (C=O) groups is 1. The van der Waals surface area contributed by atoms with Crippen LogP contribution in [0.4, 0.5) is 5.69 Å². The lowest BCUT2D eigenvalue weighted by Crippen LogP contribution is -2.27. The quantitative estimate of drug-likeness (QED) is 0.306. The van der Waals surface area contributed by atoms with Crippen LogP contribution in [0.3, 0.4) is 0 Å². The van der Waals surface area contributed by atoms with Gasteiger partial charge in [-0.05, 0) is 18.6 Å². The number of para-hydroxylation sites is 1. The molecule has 0 spiro atoms. The van der Waals surface area contributed by atoms with Gasteiger partial charge in [-0.2, -0.15) is 0 Å². The van der Waals surface area contributed by atoms with Gasteiger partial charge in [0, 0.05) is 32.6 Å². The molecule has 4 aromatic carbocycles. The molecule has 1 atom stereocenters. The number of rotatable bonds is 3. The van der Waals surface area contributed by atoms with Crippen LogP contribution in [0.2, 0.25) is 0 Å². The third-order valence-corrected chi connectivity index (χ3v) is 8.85. The number of hydrogen-bond donors (Lipinski definition) is 0. The normalized spacial score (nSPS) is 17.1. The van der Waals surface area contributed by atoms with Gasteiger partial charge in [0.1, 0.15) is 6.29 Å². The zero-order valence-corrected chi connectivity index (χ0v) is 17.9. The third-order valence-electron chi connectivity index (χ3n) is 5.72. The van der Waals surface area contributed by atoms with Crippen molar-refractivity contribution in [3.05, 3.63) is 119 Å². The molecule has 0 bridgehead atoms. The van der Waals surface area contributed by atoms with Gasteiger partial charge in [-0.15, -0.1) is 0 Å². The average molecular weight is 421 g/mol. The lowest BCUT2D eigenvalue weighted by molar-refractivity contribution is 0.112. The first kappa shape index (κ1) is 19.4. The highest BCUT2D eigenvalue weighted by molar-refractivity contribution is 7.85. The zero-order chi connectivity index (χ0) is 21.4. The molecular weight excluding hydrogens is 401 g/mol. The van der Waals surface area contributed by atoms with Gasteiger partial charge in [0.2, 0.25) is 0 Å². The predicted molar refractivity (Wildman–Crippen MR) is 128 cm³/mol. The molecule has 150 valence electrons. The van der Waals surface area contributed by atoms with Crippen molar-refractivity contribution in [2.75, 3.05) is 0 Å². The summed E-state index contributed by atoms with van der Waals surface area (Å²) >= 11 is 0. The number of aldehydes is 1. The minimum Gasteiger partial charge on any atom is -0.309 e. The zero-order valence-electron chi connectivity index (χ0n) is 17.0. The van der Waals surface area contributed by atoms with Crippen LogP contribution in [0.5, 0.6) is 0 Å². The first-order valence-electron chi connectivity index (χ1n) is 10.1. The fourth-order valence-electron chi connectivity index (χ4n) is 4.15. The van der Waals surface area contributed by atoms with E-state index in [9.17, 15) is 4.79 Å². The van der Waals surface area contributed by atoms with Crippen LogP contribution in [0.25, 0.3) is 0 Å². The molecule has 0 fully saturated rings. The van der Waals surface area contributed by atoms with Gasteiger partial charge in [-0.3, -0.25) is 4.79 Å². The molecule has 1 aliphatic rings. The van der Waals surface area contributed by atoms with Crippen molar-refractivity contribution < 1.29 is 9.36 Å². The maximum absolute atomic E-state index is 15.0. The lowest BCUT2D eigenvalue weighted by atomic mass is 10.0. The molecule has 1 aliphatic heterocycles. The van der Waals surface area contributed by atoms with E-state index in [1.165, 1.54) is 0 Å². The number of hydrogen-bond acceptors (Lipinski definition) is 3. The van der Waals surface area contributed by atoms with Crippen molar-refractivity contribution in [2.24, 2.45) is 4.99 Å². The summed E-state index contributed by atoms with van der Waals surface area (Å²) in [5.41, 5.74) is 4.83. The summed E-state index contributed by atoms with van der Waals surface area (Å²) in [6.07, 6.45) is 0.829. The Morgan fingerprint density at radius 1 is 0.742 bits per heavy atom. The van der Waals surface area contributed by atoms with Gasteiger partial charge in [-0.1, -0.05) is 91.0 Å². The van der Waals surface area contributed by atoms with Crippen LogP contribution in [-0.4, -0.2) is 12.0 Å². The fourth-order valence-corrected chi connectivity index (χ4v) is 7.19. The molecule has 0 aromatic heterocycles. The summed E-state index contributed by atoms with van der Waals surface area (Å²) in [5.74, 6) is 0. The van der Waals surface area contributed by atoms with Crippen molar-refractivity contribution in [3.8, 4) is 0 Å². The topological polar surface area (TPSA) is 46.5 Å². The molecule has 4 heteroatoms. The Balaban J connectivity index is 1.89. The van der Waals surface area contributed by atoms with Crippen molar-refractivity contribution >= 4 is 40.7 Å². The summed E-state index contributed by atoms with van der Waals surface area (Å²) in [7, 11) is -3.16. The number of benzene rings is 4. The maximum Gasteiger partial charge on any atom is 0.173 e. The van der Waals surface area contributed by atoms with E-state index in [0.717, 1.165) is 50.3 Å². The van der Waals surface area contributed by atoms with Crippen LogP contribution in [0.1, 0.15) is 27.0 Å². The molecule has 1 unspecified atom stereocenters. The summed E-state index contributed by atoms with van der Waals surface area (Å²) in [6, 6.07) is 30.8. The highest BCUT2D eigenvalue weighted by Crippen LogP contribution is 2.48. The van der Waals surface area contributed by atoms with E-state index in [1.54, 1.807) is 12.1 Å². The molecular formula is C27H20NO2P. The van der Waals surface area contributed by atoms with Crippen LogP contribution in [-0.2, 0) is 4.57 Å². The summed E-state index contributed by atoms with van der Waals surface area (Å²) in [6.45, 7) is 2.00. The lowest BCUT2D eigenvalue weighted by Gasteiger charge is -2.22. The second-order valence-electron chi connectivity index (χ2n) is 7.60. The second-order valence-corrected chi connectivity index (χ2v) is 10.3. The van der Waals surface area contributed by atoms with Crippen LogP contribution in [0, 0.1) is 6.92 Å². The van der Waals surface area contributed by atoms with E-state index in [4.69, 9.17) is 4.99 Å².